The van der Waals surface area contributed by atoms with Gasteiger partial charge in [0.15, 0.2) is 6.54 Å². The molecule has 0 radical (unpaired) electrons. The van der Waals surface area contributed by atoms with Crippen LogP contribution in [0.4, 0.5) is 0 Å². The van der Waals surface area contributed by atoms with Gasteiger partial charge in [0.25, 0.3) is 0 Å². The molecule has 0 aliphatic rings. The minimum Gasteiger partial charge on any atom is -0.497 e. The molecule has 5 nitrogen and oxygen atoms in total. The van der Waals surface area contributed by atoms with Gasteiger partial charge in [-0.1, -0.05) is 36.4 Å². The van der Waals surface area contributed by atoms with E-state index in [1.165, 1.54) is 21.8 Å². The zero-order valence-corrected chi connectivity index (χ0v) is 18.9. The third-order valence-corrected chi connectivity index (χ3v) is 6.21. The van der Waals surface area contributed by atoms with E-state index in [9.17, 15) is 4.79 Å². The maximum atomic E-state index is 12.6. The summed E-state index contributed by atoms with van der Waals surface area (Å²) in [6, 6.07) is 24.6. The van der Waals surface area contributed by atoms with E-state index in [0.29, 0.717) is 12.1 Å². The Morgan fingerprint density at radius 1 is 0.848 bits per heavy atom. The first-order valence-electron chi connectivity index (χ1n) is 11.4. The van der Waals surface area contributed by atoms with E-state index >= 15 is 0 Å². The molecule has 5 heteroatoms. The van der Waals surface area contributed by atoms with Gasteiger partial charge >= 0.3 is 0 Å². The van der Waals surface area contributed by atoms with Crippen molar-refractivity contribution in [3.63, 3.8) is 0 Å². The van der Waals surface area contributed by atoms with Crippen molar-refractivity contribution in [2.45, 2.75) is 32.5 Å². The lowest BCUT2D eigenvalue weighted by atomic mass is 10.1. The summed E-state index contributed by atoms with van der Waals surface area (Å²) in [6.45, 7) is 2.26. The van der Waals surface area contributed by atoms with Crippen LogP contribution < -0.4 is 9.30 Å². The number of aryl methyl sites for hydroxylation is 2. The molecule has 0 fully saturated rings. The molecule has 0 aliphatic heterocycles. The van der Waals surface area contributed by atoms with Crippen molar-refractivity contribution < 1.29 is 14.1 Å². The van der Waals surface area contributed by atoms with E-state index in [1.54, 1.807) is 7.11 Å². The number of carbonyl (C=O) groups is 1. The molecule has 5 aromatic rings. The van der Waals surface area contributed by atoms with Crippen LogP contribution in [0.3, 0.4) is 0 Å². The molecular formula is C28H28N3O2+. The van der Waals surface area contributed by atoms with Crippen molar-refractivity contribution in [3.05, 3.63) is 97.1 Å². The normalized spacial score (nSPS) is 11.3. The molecule has 3 aromatic carbocycles. The van der Waals surface area contributed by atoms with Gasteiger partial charge in [0.1, 0.15) is 18.1 Å². The Bertz CT molecular complexity index is 1340. The number of unbranched alkanes of at least 4 members (excludes halogenated alkanes) is 1. The Morgan fingerprint density at radius 2 is 1.48 bits per heavy atom. The average molecular weight is 439 g/mol. The fourth-order valence-corrected chi connectivity index (χ4v) is 4.51. The lowest BCUT2D eigenvalue weighted by Crippen LogP contribution is -2.35. The zero-order valence-electron chi connectivity index (χ0n) is 18.9. The van der Waals surface area contributed by atoms with Gasteiger partial charge in [0.2, 0.25) is 12.1 Å². The van der Waals surface area contributed by atoms with E-state index in [1.807, 2.05) is 47.6 Å². The van der Waals surface area contributed by atoms with Crippen LogP contribution in [0.25, 0.3) is 21.8 Å². The quantitative estimate of drug-likeness (QED) is 0.179. The summed E-state index contributed by atoms with van der Waals surface area (Å²) in [7, 11) is 1.62. The fourth-order valence-electron chi connectivity index (χ4n) is 4.51. The number of ketones is 1. The number of imidazole rings is 1. The molecule has 2 heterocycles. The largest absolute Gasteiger partial charge is 0.497 e. The highest BCUT2D eigenvalue weighted by molar-refractivity contribution is 6.07. The van der Waals surface area contributed by atoms with E-state index in [-0.39, 0.29) is 5.78 Å². The van der Waals surface area contributed by atoms with Crippen molar-refractivity contribution in [1.29, 1.82) is 0 Å². The monoisotopic (exact) mass is 438 g/mol. The Kier molecular flexibility index (Phi) is 5.94. The van der Waals surface area contributed by atoms with Crippen molar-refractivity contribution >= 4 is 27.6 Å². The smallest absolute Gasteiger partial charge is 0.244 e. The third-order valence-electron chi connectivity index (χ3n) is 6.21. The van der Waals surface area contributed by atoms with Gasteiger partial charge in [0.05, 0.1) is 13.7 Å². The highest BCUT2D eigenvalue weighted by Crippen LogP contribution is 2.29. The Labute approximate surface area is 193 Å². The van der Waals surface area contributed by atoms with Gasteiger partial charge in [0, 0.05) is 33.9 Å². The molecule has 0 saturated carbocycles. The summed E-state index contributed by atoms with van der Waals surface area (Å²) in [6.07, 6.45) is 8.19. The molecule has 0 saturated heterocycles. The number of fused-ring (bicyclic) bond motifs is 3. The molecule has 166 valence electrons. The Balaban J connectivity index is 1.18. The summed E-state index contributed by atoms with van der Waals surface area (Å²) < 4.78 is 11.7. The number of hydrogen-bond donors (Lipinski definition) is 0. The van der Waals surface area contributed by atoms with Crippen LogP contribution in [-0.2, 0) is 19.6 Å². The van der Waals surface area contributed by atoms with Gasteiger partial charge < -0.3 is 9.30 Å². The lowest BCUT2D eigenvalue weighted by molar-refractivity contribution is -0.682. The minimum atomic E-state index is 0.0896. The van der Waals surface area contributed by atoms with Crippen LogP contribution in [-0.4, -0.2) is 22.0 Å². The molecule has 0 aliphatic carbocycles. The standard InChI is InChI=1S/C28H28N3O2/c1-33-23-14-12-22(13-15-23)28(32)20-30-19-18-29(21-30)16-6-7-17-31-26-10-4-2-8-24(26)25-9-3-5-11-27(25)31/h2-5,8-15,18-19,21H,6-7,16-17,20H2,1H3/q+1. The van der Waals surface area contributed by atoms with E-state index in [2.05, 4.69) is 57.7 Å². The number of hydrogen-bond acceptors (Lipinski definition) is 2. The van der Waals surface area contributed by atoms with Crippen LogP contribution in [0.2, 0.25) is 0 Å². The number of para-hydroxylation sites is 2. The maximum Gasteiger partial charge on any atom is 0.244 e. The predicted molar refractivity (Wildman–Crippen MR) is 131 cm³/mol. The highest BCUT2D eigenvalue weighted by atomic mass is 16.5. The highest BCUT2D eigenvalue weighted by Gasteiger charge is 2.12. The molecule has 0 amide bonds. The van der Waals surface area contributed by atoms with Gasteiger partial charge in [-0.2, -0.15) is 0 Å². The summed E-state index contributed by atoms with van der Waals surface area (Å²) in [5.41, 5.74) is 3.30. The molecule has 0 spiro atoms. The van der Waals surface area contributed by atoms with Crippen LogP contribution in [0.15, 0.2) is 91.5 Å². The average Bonchev–Trinajstić information content (AvgIpc) is 3.44. The van der Waals surface area contributed by atoms with Gasteiger partial charge in [-0.05, 0) is 49.2 Å². The number of ether oxygens (including phenoxy) is 1. The summed E-state index contributed by atoms with van der Waals surface area (Å²) in [5, 5.41) is 2.64. The first-order valence-corrected chi connectivity index (χ1v) is 11.4. The van der Waals surface area contributed by atoms with Crippen molar-refractivity contribution in [1.82, 2.24) is 9.13 Å². The van der Waals surface area contributed by atoms with Crippen LogP contribution in [0.1, 0.15) is 23.2 Å². The predicted octanol–water partition coefficient (Wildman–Crippen LogP) is 5.26. The molecule has 0 atom stereocenters. The number of aromatic nitrogens is 3. The number of carbonyl (C=O) groups excluding carboxylic acids is 1. The van der Waals surface area contributed by atoms with Crippen LogP contribution in [0.5, 0.6) is 5.75 Å². The third kappa shape index (κ3) is 4.40. The first-order chi connectivity index (χ1) is 16.2. The maximum absolute atomic E-state index is 12.6. The molecule has 0 unspecified atom stereocenters. The number of benzene rings is 3. The molecule has 33 heavy (non-hydrogen) atoms. The summed E-state index contributed by atoms with van der Waals surface area (Å²) in [5.74, 6) is 0.845. The van der Waals surface area contributed by atoms with Gasteiger partial charge in [-0.25, -0.2) is 9.13 Å². The van der Waals surface area contributed by atoms with Crippen LogP contribution >= 0.6 is 0 Å². The second-order valence-corrected chi connectivity index (χ2v) is 8.37. The Morgan fingerprint density at radius 3 is 2.15 bits per heavy atom. The number of rotatable bonds is 9. The lowest BCUT2D eigenvalue weighted by Gasteiger charge is -2.07. The van der Waals surface area contributed by atoms with Crippen molar-refractivity contribution in [2.24, 2.45) is 0 Å². The van der Waals surface area contributed by atoms with E-state index < -0.39 is 0 Å². The van der Waals surface area contributed by atoms with Crippen LogP contribution in [0, 0.1) is 0 Å². The van der Waals surface area contributed by atoms with E-state index in [4.69, 9.17) is 4.74 Å². The van der Waals surface area contributed by atoms with Gasteiger partial charge in [-0.3, -0.25) is 4.79 Å². The second kappa shape index (κ2) is 9.33. The van der Waals surface area contributed by atoms with E-state index in [0.717, 1.165) is 31.7 Å². The number of Topliss-reactive ketones (excluding diaryl/α,β-unsaturated/α-hetero) is 1. The minimum absolute atomic E-state index is 0.0896. The SMILES string of the molecule is COc1ccc(C(=O)C[n+]2ccn(CCCCn3c4ccccc4c4ccccc43)c2)cc1. The second-order valence-electron chi connectivity index (χ2n) is 8.37. The topological polar surface area (TPSA) is 40.0 Å². The first kappa shape index (κ1) is 21.0. The molecule has 0 N–H and O–H groups in total. The number of nitrogens with zero attached hydrogens (tertiary/aromatic N) is 3. The summed E-state index contributed by atoms with van der Waals surface area (Å²) >= 11 is 0. The molecule has 5 rings (SSSR count). The Hall–Kier alpha value is -3.86. The fraction of sp³-hybridized carbons (Fsp3) is 0.214. The zero-order chi connectivity index (χ0) is 22.6. The van der Waals surface area contributed by atoms with Crippen molar-refractivity contribution in [3.8, 4) is 5.75 Å². The van der Waals surface area contributed by atoms with Gasteiger partial charge in [-0.15, -0.1) is 0 Å². The van der Waals surface area contributed by atoms with Crippen molar-refractivity contribution in [2.75, 3.05) is 7.11 Å². The molecule has 2 aromatic heterocycles. The molecule has 0 bridgehead atoms. The molecular weight excluding hydrogens is 410 g/mol. The number of methoxy groups -OCH3 is 1. The summed E-state index contributed by atoms with van der Waals surface area (Å²) in [4.78, 5) is 12.6.